The van der Waals surface area contributed by atoms with E-state index in [1.807, 2.05) is 36.4 Å². The number of hydrogen-bond acceptors (Lipinski definition) is 3. The molecule has 1 aromatic heterocycles. The van der Waals surface area contributed by atoms with Gasteiger partial charge < -0.3 is 10.6 Å². The van der Waals surface area contributed by atoms with Crippen LogP contribution in [0, 0.1) is 0 Å². The van der Waals surface area contributed by atoms with Crippen molar-refractivity contribution in [2.24, 2.45) is 0 Å². The number of amides is 2. The predicted molar refractivity (Wildman–Crippen MR) is 97.9 cm³/mol. The summed E-state index contributed by atoms with van der Waals surface area (Å²) in [5.41, 5.74) is 0.602. The minimum atomic E-state index is -0.152. The lowest BCUT2D eigenvalue weighted by Gasteiger charge is -2.06. The number of carbonyl (C=O) groups excluding carboxylic acids is 2. The normalized spacial score (nSPS) is 10.5. The highest BCUT2D eigenvalue weighted by molar-refractivity contribution is 7.20. The number of thiophene rings is 1. The van der Waals surface area contributed by atoms with Crippen LogP contribution in [0.2, 0.25) is 5.02 Å². The Bertz CT molecular complexity index is 877. The highest BCUT2D eigenvalue weighted by atomic mass is 35.5. The number of halogens is 1. The zero-order valence-electron chi connectivity index (χ0n) is 12.7. The lowest BCUT2D eigenvalue weighted by molar-refractivity contribution is 0.0929. The van der Waals surface area contributed by atoms with E-state index in [4.69, 9.17) is 11.6 Å². The van der Waals surface area contributed by atoms with Crippen molar-refractivity contribution in [2.75, 3.05) is 13.1 Å². The molecule has 122 valence electrons. The summed E-state index contributed by atoms with van der Waals surface area (Å²) in [6.45, 7) is 0.739. The standard InChI is InChI=1S/C18H15ClN2O2S/c19-14-6-7-15-13(10-14)11-16(24-15)18(23)21-9-8-20-17(22)12-4-2-1-3-5-12/h1-7,10-11H,8-9H2,(H,20,22)(H,21,23). The first-order chi connectivity index (χ1) is 11.6. The first-order valence-electron chi connectivity index (χ1n) is 7.44. The molecule has 0 aliphatic heterocycles. The number of rotatable bonds is 5. The maximum Gasteiger partial charge on any atom is 0.261 e. The van der Waals surface area contributed by atoms with Crippen LogP contribution in [0.25, 0.3) is 10.1 Å². The van der Waals surface area contributed by atoms with Gasteiger partial charge in [-0.2, -0.15) is 0 Å². The fourth-order valence-corrected chi connectivity index (χ4v) is 3.40. The molecule has 3 rings (SSSR count). The molecule has 4 nitrogen and oxygen atoms in total. The lowest BCUT2D eigenvalue weighted by Crippen LogP contribution is -2.34. The van der Waals surface area contributed by atoms with Crippen LogP contribution in [0.1, 0.15) is 20.0 Å². The van der Waals surface area contributed by atoms with E-state index in [-0.39, 0.29) is 11.8 Å². The monoisotopic (exact) mass is 358 g/mol. The molecule has 2 N–H and O–H groups in total. The second-order valence-electron chi connectivity index (χ2n) is 5.17. The van der Waals surface area contributed by atoms with Crippen molar-refractivity contribution in [3.05, 3.63) is 70.1 Å². The summed E-state index contributed by atoms with van der Waals surface area (Å²) in [5.74, 6) is -0.303. The van der Waals surface area contributed by atoms with E-state index >= 15 is 0 Å². The Balaban J connectivity index is 1.51. The lowest BCUT2D eigenvalue weighted by atomic mass is 10.2. The molecule has 0 radical (unpaired) electrons. The van der Waals surface area contributed by atoms with Crippen molar-refractivity contribution in [1.82, 2.24) is 10.6 Å². The predicted octanol–water partition coefficient (Wildman–Crippen LogP) is 3.71. The van der Waals surface area contributed by atoms with E-state index in [1.165, 1.54) is 11.3 Å². The van der Waals surface area contributed by atoms with Crippen LogP contribution >= 0.6 is 22.9 Å². The Morgan fingerprint density at radius 3 is 2.38 bits per heavy atom. The molecule has 0 saturated carbocycles. The minimum absolute atomic E-state index is 0.152. The third-order valence-electron chi connectivity index (χ3n) is 3.43. The molecule has 24 heavy (non-hydrogen) atoms. The van der Waals surface area contributed by atoms with E-state index in [2.05, 4.69) is 10.6 Å². The summed E-state index contributed by atoms with van der Waals surface area (Å²) in [5, 5.41) is 7.18. The van der Waals surface area contributed by atoms with E-state index in [0.717, 1.165) is 10.1 Å². The number of benzene rings is 2. The Morgan fingerprint density at radius 2 is 1.62 bits per heavy atom. The van der Waals surface area contributed by atoms with Gasteiger partial charge >= 0.3 is 0 Å². The van der Waals surface area contributed by atoms with Crippen molar-refractivity contribution in [2.45, 2.75) is 0 Å². The summed E-state index contributed by atoms with van der Waals surface area (Å²) in [4.78, 5) is 24.7. The molecule has 0 aliphatic carbocycles. The van der Waals surface area contributed by atoms with Gasteiger partial charge in [0.25, 0.3) is 11.8 Å². The SMILES string of the molecule is O=C(NCCNC(=O)c1cc2cc(Cl)ccc2s1)c1ccccc1. The van der Waals surface area contributed by atoms with Gasteiger partial charge in [0.1, 0.15) is 0 Å². The molecule has 0 bridgehead atoms. The fraction of sp³-hybridized carbons (Fsp3) is 0.111. The summed E-state index contributed by atoms with van der Waals surface area (Å²) in [6.07, 6.45) is 0. The van der Waals surface area contributed by atoms with Crippen molar-refractivity contribution < 1.29 is 9.59 Å². The molecule has 0 unspecified atom stereocenters. The molecule has 0 spiro atoms. The average molecular weight is 359 g/mol. The number of fused-ring (bicyclic) bond motifs is 1. The Kier molecular flexibility index (Phi) is 5.13. The number of carbonyl (C=O) groups is 2. The first kappa shape index (κ1) is 16.5. The quantitative estimate of drug-likeness (QED) is 0.683. The topological polar surface area (TPSA) is 58.2 Å². The zero-order valence-corrected chi connectivity index (χ0v) is 14.3. The second kappa shape index (κ2) is 7.47. The van der Waals surface area contributed by atoms with Crippen LogP contribution in [-0.2, 0) is 0 Å². The molecular formula is C18H15ClN2O2S. The van der Waals surface area contributed by atoms with Crippen LogP contribution < -0.4 is 10.6 Å². The van der Waals surface area contributed by atoms with Crippen LogP contribution in [0.4, 0.5) is 0 Å². The largest absolute Gasteiger partial charge is 0.350 e. The molecule has 0 atom stereocenters. The molecule has 0 saturated heterocycles. The van der Waals surface area contributed by atoms with Gasteiger partial charge in [0.15, 0.2) is 0 Å². The highest BCUT2D eigenvalue weighted by Gasteiger charge is 2.10. The molecule has 0 fully saturated rings. The minimum Gasteiger partial charge on any atom is -0.350 e. The van der Waals surface area contributed by atoms with Crippen molar-refractivity contribution in [3.63, 3.8) is 0 Å². The number of hydrogen-bond donors (Lipinski definition) is 2. The molecule has 1 heterocycles. The zero-order chi connectivity index (χ0) is 16.9. The van der Waals surface area contributed by atoms with Gasteiger partial charge in [0.05, 0.1) is 4.88 Å². The second-order valence-corrected chi connectivity index (χ2v) is 6.69. The summed E-state index contributed by atoms with van der Waals surface area (Å²) >= 11 is 7.37. The van der Waals surface area contributed by atoms with Gasteiger partial charge in [0, 0.05) is 28.4 Å². The van der Waals surface area contributed by atoms with Crippen LogP contribution in [-0.4, -0.2) is 24.9 Å². The van der Waals surface area contributed by atoms with Gasteiger partial charge in [-0.1, -0.05) is 29.8 Å². The van der Waals surface area contributed by atoms with Gasteiger partial charge in [-0.05, 0) is 41.8 Å². The number of nitrogens with one attached hydrogen (secondary N) is 2. The smallest absolute Gasteiger partial charge is 0.261 e. The molecule has 3 aromatic rings. The van der Waals surface area contributed by atoms with Crippen LogP contribution in [0.15, 0.2) is 54.6 Å². The van der Waals surface area contributed by atoms with Gasteiger partial charge in [0.2, 0.25) is 0 Å². The van der Waals surface area contributed by atoms with Gasteiger partial charge in [-0.3, -0.25) is 9.59 Å². The molecule has 0 aliphatic rings. The van der Waals surface area contributed by atoms with E-state index < -0.39 is 0 Å². The third kappa shape index (κ3) is 3.93. The van der Waals surface area contributed by atoms with Gasteiger partial charge in [-0.15, -0.1) is 11.3 Å². The third-order valence-corrected chi connectivity index (χ3v) is 4.78. The van der Waals surface area contributed by atoms with Crippen molar-refractivity contribution >= 4 is 44.8 Å². The maximum absolute atomic E-state index is 12.2. The maximum atomic E-state index is 12.2. The molecule has 2 aromatic carbocycles. The first-order valence-corrected chi connectivity index (χ1v) is 8.63. The van der Waals surface area contributed by atoms with Crippen LogP contribution in [0.5, 0.6) is 0 Å². The molecule has 6 heteroatoms. The summed E-state index contributed by atoms with van der Waals surface area (Å²) in [7, 11) is 0. The average Bonchev–Trinajstić information content (AvgIpc) is 3.02. The Labute approximate surface area is 148 Å². The Morgan fingerprint density at radius 1 is 0.917 bits per heavy atom. The highest BCUT2D eigenvalue weighted by Crippen LogP contribution is 2.27. The fourth-order valence-electron chi connectivity index (χ4n) is 2.26. The molecular weight excluding hydrogens is 344 g/mol. The summed E-state index contributed by atoms with van der Waals surface area (Å²) in [6, 6.07) is 16.3. The van der Waals surface area contributed by atoms with E-state index in [9.17, 15) is 9.59 Å². The van der Waals surface area contributed by atoms with E-state index in [1.54, 1.807) is 18.2 Å². The van der Waals surface area contributed by atoms with Crippen molar-refractivity contribution in [1.29, 1.82) is 0 Å². The Hall–Kier alpha value is -2.37. The van der Waals surface area contributed by atoms with Crippen LogP contribution in [0.3, 0.4) is 0 Å². The molecule has 2 amide bonds. The van der Waals surface area contributed by atoms with Gasteiger partial charge in [-0.25, -0.2) is 0 Å². The van der Waals surface area contributed by atoms with Crippen molar-refractivity contribution in [3.8, 4) is 0 Å². The summed E-state index contributed by atoms with van der Waals surface area (Å²) < 4.78 is 1.02. The van der Waals surface area contributed by atoms with E-state index in [0.29, 0.717) is 28.6 Å².